The summed E-state index contributed by atoms with van der Waals surface area (Å²) in [5, 5.41) is 12.8. The van der Waals surface area contributed by atoms with Crippen LogP contribution in [0.1, 0.15) is 6.42 Å². The van der Waals surface area contributed by atoms with Crippen LogP contribution in [-0.4, -0.2) is 38.9 Å². The van der Waals surface area contributed by atoms with E-state index in [-0.39, 0.29) is 5.91 Å². The van der Waals surface area contributed by atoms with Crippen molar-refractivity contribution >= 4 is 45.4 Å². The number of ether oxygens (including phenoxy) is 1. The number of thioether (sulfide) groups is 1. The molecule has 0 aliphatic heterocycles. The number of H-pyrrole nitrogens is 1. The second-order valence-electron chi connectivity index (χ2n) is 5.81. The van der Waals surface area contributed by atoms with Crippen molar-refractivity contribution in [1.82, 2.24) is 20.2 Å². The van der Waals surface area contributed by atoms with Gasteiger partial charge in [0.15, 0.2) is 5.65 Å². The number of benzene rings is 2. The van der Waals surface area contributed by atoms with Gasteiger partial charge in [-0.1, -0.05) is 42.1 Å². The largest absolute Gasteiger partial charge is 0.495 e. The van der Waals surface area contributed by atoms with Crippen molar-refractivity contribution in [3.05, 3.63) is 48.5 Å². The number of methoxy groups -OCH3 is 1. The fraction of sp³-hybridized carbons (Fsp3) is 0.158. The zero-order valence-electron chi connectivity index (χ0n) is 14.6. The summed E-state index contributed by atoms with van der Waals surface area (Å²) in [7, 11) is 1.57. The number of para-hydroxylation sites is 3. The molecule has 0 fully saturated rings. The predicted octanol–water partition coefficient (Wildman–Crippen LogP) is 3.64. The van der Waals surface area contributed by atoms with Crippen LogP contribution < -0.4 is 10.1 Å². The van der Waals surface area contributed by atoms with Gasteiger partial charge in [-0.2, -0.15) is 0 Å². The fourth-order valence-corrected chi connectivity index (χ4v) is 3.49. The van der Waals surface area contributed by atoms with E-state index in [0.717, 1.165) is 16.4 Å². The lowest BCUT2D eigenvalue weighted by Crippen LogP contribution is -2.13. The first-order valence-electron chi connectivity index (χ1n) is 8.41. The smallest absolute Gasteiger partial charge is 0.225 e. The van der Waals surface area contributed by atoms with E-state index in [2.05, 4.69) is 25.5 Å². The Morgan fingerprint density at radius 1 is 1.15 bits per heavy atom. The molecule has 0 unspecified atom stereocenters. The zero-order valence-corrected chi connectivity index (χ0v) is 15.4. The number of amides is 1. The monoisotopic (exact) mass is 379 g/mol. The number of hydrogen-bond acceptors (Lipinski definition) is 6. The number of anilines is 1. The van der Waals surface area contributed by atoms with E-state index in [4.69, 9.17) is 4.74 Å². The van der Waals surface area contributed by atoms with Gasteiger partial charge in [0.2, 0.25) is 11.1 Å². The SMILES string of the molecule is COc1ccccc1NC(=O)CCSc1nnc2c(n1)[nH]c1ccccc12. The lowest BCUT2D eigenvalue weighted by atomic mass is 10.2. The maximum Gasteiger partial charge on any atom is 0.225 e. The van der Waals surface area contributed by atoms with Crippen molar-refractivity contribution in [2.75, 3.05) is 18.2 Å². The number of aromatic amines is 1. The van der Waals surface area contributed by atoms with Crippen LogP contribution in [-0.2, 0) is 4.79 Å². The second-order valence-corrected chi connectivity index (χ2v) is 6.87. The minimum atomic E-state index is -0.0911. The van der Waals surface area contributed by atoms with Gasteiger partial charge in [-0.15, -0.1) is 10.2 Å². The summed E-state index contributed by atoms with van der Waals surface area (Å²) in [6.07, 6.45) is 0.330. The summed E-state index contributed by atoms with van der Waals surface area (Å²) in [6, 6.07) is 15.2. The maximum absolute atomic E-state index is 12.2. The average Bonchev–Trinajstić information content (AvgIpc) is 3.06. The molecule has 0 bridgehead atoms. The Hall–Kier alpha value is -3.13. The summed E-state index contributed by atoms with van der Waals surface area (Å²) < 4.78 is 5.23. The standard InChI is InChI=1S/C19H17N5O2S/c1-26-15-9-5-4-8-14(15)20-16(25)10-11-27-19-22-18-17(23-24-19)12-6-2-3-7-13(12)21-18/h2-9H,10-11H2,1H3,(H,20,25)(H,21,22,24). The predicted molar refractivity (Wildman–Crippen MR) is 106 cm³/mol. The van der Waals surface area contributed by atoms with Crippen molar-refractivity contribution in [2.24, 2.45) is 0 Å². The van der Waals surface area contributed by atoms with Crippen LogP contribution >= 0.6 is 11.8 Å². The van der Waals surface area contributed by atoms with Crippen LogP contribution in [0.2, 0.25) is 0 Å². The third-order valence-electron chi connectivity index (χ3n) is 4.04. The molecule has 4 aromatic rings. The van der Waals surface area contributed by atoms with E-state index in [1.165, 1.54) is 11.8 Å². The molecule has 0 saturated heterocycles. The normalized spacial score (nSPS) is 11.0. The highest BCUT2D eigenvalue weighted by Gasteiger charge is 2.10. The van der Waals surface area contributed by atoms with Crippen LogP contribution in [0, 0.1) is 0 Å². The summed E-state index contributed by atoms with van der Waals surface area (Å²) in [6.45, 7) is 0. The number of nitrogens with one attached hydrogen (secondary N) is 2. The lowest BCUT2D eigenvalue weighted by Gasteiger charge is -2.09. The first-order chi connectivity index (χ1) is 13.2. The molecule has 2 heterocycles. The Labute approximate surface area is 159 Å². The molecule has 2 aromatic heterocycles. The van der Waals surface area contributed by atoms with E-state index in [1.54, 1.807) is 19.2 Å². The van der Waals surface area contributed by atoms with Crippen LogP contribution in [0.5, 0.6) is 5.75 Å². The molecular formula is C19H17N5O2S. The van der Waals surface area contributed by atoms with Crippen molar-refractivity contribution < 1.29 is 9.53 Å². The lowest BCUT2D eigenvalue weighted by molar-refractivity contribution is -0.115. The van der Waals surface area contributed by atoms with Crippen LogP contribution in [0.3, 0.4) is 0 Å². The van der Waals surface area contributed by atoms with Gasteiger partial charge in [-0.25, -0.2) is 4.98 Å². The minimum Gasteiger partial charge on any atom is -0.495 e. The molecule has 0 saturated carbocycles. The van der Waals surface area contributed by atoms with Gasteiger partial charge in [0.05, 0.1) is 12.8 Å². The number of fused-ring (bicyclic) bond motifs is 3. The van der Waals surface area contributed by atoms with Crippen molar-refractivity contribution in [1.29, 1.82) is 0 Å². The van der Waals surface area contributed by atoms with Gasteiger partial charge in [0.25, 0.3) is 0 Å². The Morgan fingerprint density at radius 3 is 2.85 bits per heavy atom. The number of carbonyl (C=O) groups is 1. The number of nitrogens with zero attached hydrogens (tertiary/aromatic N) is 3. The molecule has 2 aromatic carbocycles. The minimum absolute atomic E-state index is 0.0911. The topological polar surface area (TPSA) is 92.8 Å². The number of aromatic nitrogens is 4. The van der Waals surface area contributed by atoms with Gasteiger partial charge >= 0.3 is 0 Å². The molecule has 136 valence electrons. The molecule has 0 aliphatic rings. The van der Waals surface area contributed by atoms with Gasteiger partial charge in [0.1, 0.15) is 11.3 Å². The van der Waals surface area contributed by atoms with E-state index < -0.39 is 0 Å². The van der Waals surface area contributed by atoms with Crippen LogP contribution in [0.4, 0.5) is 5.69 Å². The Bertz CT molecular complexity index is 1110. The summed E-state index contributed by atoms with van der Waals surface area (Å²) in [5.41, 5.74) is 3.09. The number of carbonyl (C=O) groups excluding carboxylic acids is 1. The summed E-state index contributed by atoms with van der Waals surface area (Å²) in [5.74, 6) is 1.09. The molecule has 0 atom stereocenters. The quantitative estimate of drug-likeness (QED) is 0.497. The van der Waals surface area contributed by atoms with Gasteiger partial charge in [-0.05, 0) is 18.2 Å². The maximum atomic E-state index is 12.2. The molecule has 2 N–H and O–H groups in total. The Morgan fingerprint density at radius 2 is 1.96 bits per heavy atom. The number of rotatable bonds is 6. The third kappa shape index (κ3) is 3.70. The van der Waals surface area contributed by atoms with E-state index in [1.807, 2.05) is 36.4 Å². The molecule has 0 radical (unpaired) electrons. The molecule has 0 spiro atoms. The average molecular weight is 379 g/mol. The molecule has 4 rings (SSSR count). The Balaban J connectivity index is 1.38. The third-order valence-corrected chi connectivity index (χ3v) is 4.88. The van der Waals surface area contributed by atoms with Crippen LogP contribution in [0.25, 0.3) is 22.1 Å². The molecule has 0 aliphatic carbocycles. The van der Waals surface area contributed by atoms with E-state index in [0.29, 0.717) is 34.4 Å². The number of hydrogen-bond donors (Lipinski definition) is 2. The van der Waals surface area contributed by atoms with E-state index in [9.17, 15) is 4.79 Å². The van der Waals surface area contributed by atoms with Gasteiger partial charge in [-0.3, -0.25) is 4.79 Å². The van der Waals surface area contributed by atoms with Gasteiger partial charge < -0.3 is 15.0 Å². The fourth-order valence-electron chi connectivity index (χ4n) is 2.76. The van der Waals surface area contributed by atoms with Crippen LogP contribution in [0.15, 0.2) is 53.7 Å². The summed E-state index contributed by atoms with van der Waals surface area (Å²) >= 11 is 1.40. The molecule has 1 amide bonds. The molecule has 8 heteroatoms. The first-order valence-corrected chi connectivity index (χ1v) is 9.40. The molecule has 7 nitrogen and oxygen atoms in total. The highest BCUT2D eigenvalue weighted by molar-refractivity contribution is 7.99. The van der Waals surface area contributed by atoms with Crippen molar-refractivity contribution in [3.63, 3.8) is 0 Å². The van der Waals surface area contributed by atoms with E-state index >= 15 is 0 Å². The first kappa shape index (κ1) is 17.3. The Kier molecular flexibility index (Phi) is 4.88. The van der Waals surface area contributed by atoms with Crippen molar-refractivity contribution in [2.45, 2.75) is 11.6 Å². The summed E-state index contributed by atoms with van der Waals surface area (Å²) in [4.78, 5) is 19.9. The van der Waals surface area contributed by atoms with Crippen molar-refractivity contribution in [3.8, 4) is 5.75 Å². The highest BCUT2D eigenvalue weighted by atomic mass is 32.2. The molecular weight excluding hydrogens is 362 g/mol. The molecule has 27 heavy (non-hydrogen) atoms. The highest BCUT2D eigenvalue weighted by Crippen LogP contribution is 2.25. The van der Waals surface area contributed by atoms with Gasteiger partial charge in [0, 0.05) is 23.1 Å². The second kappa shape index (κ2) is 7.63. The zero-order chi connectivity index (χ0) is 18.6.